The molecule has 0 radical (unpaired) electrons. The van der Waals surface area contributed by atoms with Gasteiger partial charge >= 0.3 is 0 Å². The molecule has 0 spiro atoms. The van der Waals surface area contributed by atoms with Gasteiger partial charge < -0.3 is 0 Å². The average Bonchev–Trinajstić information content (AvgIpc) is 2.73. The molecule has 0 aromatic heterocycles. The first-order valence-corrected chi connectivity index (χ1v) is 5.91. The van der Waals surface area contributed by atoms with E-state index in [0.717, 1.165) is 6.42 Å². The van der Waals surface area contributed by atoms with Crippen molar-refractivity contribution in [1.29, 1.82) is 0 Å². The van der Waals surface area contributed by atoms with E-state index >= 15 is 0 Å². The maximum absolute atomic E-state index is 11.7. The number of alkyl halides is 2. The number of thioether (sulfide) groups is 1. The fourth-order valence-electron chi connectivity index (χ4n) is 2.66. The Hall–Kier alpha value is 0.01000. The Labute approximate surface area is 95.0 Å². The lowest BCUT2D eigenvalue weighted by molar-refractivity contribution is -0.117. The monoisotopic (exact) mass is 248 g/mol. The van der Waals surface area contributed by atoms with Gasteiger partial charge in [0.05, 0.1) is 0 Å². The fourth-order valence-corrected chi connectivity index (χ4v) is 4.87. The highest BCUT2D eigenvalue weighted by Crippen LogP contribution is 2.66. The van der Waals surface area contributed by atoms with Crippen LogP contribution in [0.2, 0.25) is 0 Å². The normalized spacial score (nSPS) is 54.4. The van der Waals surface area contributed by atoms with Crippen LogP contribution in [0.15, 0.2) is 12.2 Å². The number of carbonyl (C=O) groups is 2. The van der Waals surface area contributed by atoms with Gasteiger partial charge in [-0.25, -0.2) is 0 Å². The van der Waals surface area contributed by atoms with Crippen molar-refractivity contribution in [3.05, 3.63) is 12.2 Å². The summed E-state index contributed by atoms with van der Waals surface area (Å²) in [5, 5.41) is -0.563. The minimum Gasteiger partial charge on any atom is -0.285 e. The average molecular weight is 249 g/mol. The second kappa shape index (κ2) is 2.39. The summed E-state index contributed by atoms with van der Waals surface area (Å²) < 4.78 is 0. The molecule has 0 N–H and O–H groups in total. The van der Waals surface area contributed by atoms with Gasteiger partial charge in [0, 0.05) is 11.8 Å². The zero-order valence-electron chi connectivity index (χ0n) is 7.00. The minimum absolute atomic E-state index is 0.0712. The molecular weight excluding hydrogens is 243 g/mol. The topological polar surface area (TPSA) is 34.1 Å². The second-order valence-corrected chi connectivity index (χ2v) is 6.07. The molecule has 1 saturated heterocycles. The number of fused-ring (bicyclic) bond motifs is 5. The van der Waals surface area contributed by atoms with Crippen LogP contribution in [-0.4, -0.2) is 20.0 Å². The lowest BCUT2D eigenvalue weighted by Gasteiger charge is -2.33. The Bertz CT molecular complexity index is 360. The van der Waals surface area contributed by atoms with Gasteiger partial charge in [-0.15, -0.1) is 23.2 Å². The van der Waals surface area contributed by atoms with Gasteiger partial charge in [0.1, 0.15) is 9.75 Å². The molecule has 2 fully saturated rings. The number of hydrogen-bond donors (Lipinski definition) is 0. The standard InChI is InChI=1S/C9H6Cl2O2S/c10-8-4-1-2-5(3-4)9(8,11)7(13)14-6(8)12/h1-2,4-5H,3H2/t4-,5-,8-,9-/m0/s1. The predicted octanol–water partition coefficient (Wildman–Crippen LogP) is 1.95. The minimum atomic E-state index is -1.18. The molecule has 0 aromatic rings. The van der Waals surface area contributed by atoms with Crippen LogP contribution in [0.3, 0.4) is 0 Å². The molecule has 5 heteroatoms. The quantitative estimate of drug-likeness (QED) is 0.486. The highest BCUT2D eigenvalue weighted by Gasteiger charge is 2.76. The number of halogens is 2. The van der Waals surface area contributed by atoms with E-state index in [1.807, 2.05) is 12.2 Å². The van der Waals surface area contributed by atoms with E-state index in [2.05, 4.69) is 0 Å². The van der Waals surface area contributed by atoms with Crippen molar-refractivity contribution in [2.24, 2.45) is 11.8 Å². The first-order chi connectivity index (χ1) is 6.51. The third-order valence-electron chi connectivity index (χ3n) is 3.41. The molecule has 0 unspecified atom stereocenters. The van der Waals surface area contributed by atoms with Crippen LogP contribution in [0.4, 0.5) is 0 Å². The lowest BCUT2D eigenvalue weighted by atomic mass is 9.83. The van der Waals surface area contributed by atoms with E-state index in [1.165, 1.54) is 0 Å². The van der Waals surface area contributed by atoms with Crippen molar-refractivity contribution in [2.45, 2.75) is 16.2 Å². The Morgan fingerprint density at radius 3 is 2.00 bits per heavy atom. The van der Waals surface area contributed by atoms with Crippen molar-refractivity contribution in [3.63, 3.8) is 0 Å². The molecule has 0 aromatic carbocycles. The summed E-state index contributed by atoms with van der Waals surface area (Å²) in [5.74, 6) is -0.142. The summed E-state index contributed by atoms with van der Waals surface area (Å²) in [4.78, 5) is 21.0. The first-order valence-electron chi connectivity index (χ1n) is 4.34. The van der Waals surface area contributed by atoms with Gasteiger partial charge in [0.15, 0.2) is 0 Å². The molecule has 3 aliphatic rings. The Morgan fingerprint density at radius 2 is 1.57 bits per heavy atom. The molecular formula is C9H6Cl2O2S. The maximum atomic E-state index is 11.7. The van der Waals surface area contributed by atoms with Crippen molar-refractivity contribution >= 4 is 45.2 Å². The number of hydrogen-bond acceptors (Lipinski definition) is 3. The molecule has 74 valence electrons. The fraction of sp³-hybridized carbons (Fsp3) is 0.556. The molecule has 1 aliphatic heterocycles. The van der Waals surface area contributed by atoms with Crippen LogP contribution in [0.25, 0.3) is 0 Å². The van der Waals surface area contributed by atoms with Crippen molar-refractivity contribution in [3.8, 4) is 0 Å². The van der Waals surface area contributed by atoms with Crippen LogP contribution in [-0.2, 0) is 9.59 Å². The Morgan fingerprint density at radius 1 is 1.14 bits per heavy atom. The number of allylic oxidation sites excluding steroid dienone is 2. The lowest BCUT2D eigenvalue weighted by Crippen LogP contribution is -2.51. The van der Waals surface area contributed by atoms with Gasteiger partial charge in [-0.05, 0) is 18.2 Å². The van der Waals surface area contributed by atoms with E-state index in [4.69, 9.17) is 23.2 Å². The van der Waals surface area contributed by atoms with Crippen LogP contribution in [0, 0.1) is 11.8 Å². The Balaban J connectivity index is 2.26. The number of carbonyl (C=O) groups excluding carboxylic acids is 2. The van der Waals surface area contributed by atoms with Crippen molar-refractivity contribution in [1.82, 2.24) is 0 Å². The summed E-state index contributed by atoms with van der Waals surface area (Å²) in [6.07, 6.45) is 4.55. The van der Waals surface area contributed by atoms with Gasteiger partial charge in [-0.1, -0.05) is 12.2 Å². The molecule has 2 aliphatic carbocycles. The molecule has 2 nitrogen and oxygen atoms in total. The van der Waals surface area contributed by atoms with E-state index in [1.54, 1.807) is 0 Å². The SMILES string of the molecule is O=C1SC(=O)[C@@]2(Cl)[C@H]3C=C[C@@H](C3)[C@]12Cl. The van der Waals surface area contributed by atoms with Crippen LogP contribution >= 0.6 is 35.0 Å². The van der Waals surface area contributed by atoms with E-state index < -0.39 is 9.75 Å². The molecule has 4 atom stereocenters. The third-order valence-corrected chi connectivity index (χ3v) is 6.25. The molecule has 0 amide bonds. The van der Waals surface area contributed by atoms with Crippen molar-refractivity contribution in [2.75, 3.05) is 0 Å². The molecule has 1 heterocycles. The van der Waals surface area contributed by atoms with E-state index in [0.29, 0.717) is 11.8 Å². The summed E-state index contributed by atoms with van der Waals surface area (Å²) in [6.45, 7) is 0. The molecule has 3 rings (SSSR count). The largest absolute Gasteiger partial charge is 0.285 e. The Kier molecular flexibility index (Phi) is 1.58. The second-order valence-electron chi connectivity index (χ2n) is 3.93. The van der Waals surface area contributed by atoms with Gasteiger partial charge in [0.2, 0.25) is 10.2 Å². The van der Waals surface area contributed by atoms with Gasteiger partial charge in [0.25, 0.3) is 0 Å². The predicted molar refractivity (Wildman–Crippen MR) is 55.5 cm³/mol. The van der Waals surface area contributed by atoms with E-state index in [-0.39, 0.29) is 22.1 Å². The molecule has 1 saturated carbocycles. The molecule has 2 bridgehead atoms. The highest BCUT2D eigenvalue weighted by molar-refractivity contribution is 8.27. The van der Waals surface area contributed by atoms with Crippen LogP contribution < -0.4 is 0 Å². The van der Waals surface area contributed by atoms with Gasteiger partial charge in [-0.2, -0.15) is 0 Å². The summed E-state index contributed by atoms with van der Waals surface area (Å²) >= 11 is 13.2. The zero-order chi connectivity index (χ0) is 10.1. The van der Waals surface area contributed by atoms with E-state index in [9.17, 15) is 9.59 Å². The van der Waals surface area contributed by atoms with Gasteiger partial charge in [-0.3, -0.25) is 9.59 Å². The van der Waals surface area contributed by atoms with Crippen LogP contribution in [0.1, 0.15) is 6.42 Å². The molecule has 14 heavy (non-hydrogen) atoms. The zero-order valence-corrected chi connectivity index (χ0v) is 9.33. The number of rotatable bonds is 0. The summed E-state index contributed by atoms with van der Waals surface area (Å²) in [6, 6.07) is 0. The summed E-state index contributed by atoms with van der Waals surface area (Å²) in [5.41, 5.74) is 0. The van der Waals surface area contributed by atoms with Crippen molar-refractivity contribution < 1.29 is 9.59 Å². The summed E-state index contributed by atoms with van der Waals surface area (Å²) in [7, 11) is 0. The highest BCUT2D eigenvalue weighted by atomic mass is 35.5. The smallest absolute Gasteiger partial charge is 0.220 e. The third kappa shape index (κ3) is 0.688. The maximum Gasteiger partial charge on any atom is 0.220 e. The first kappa shape index (κ1) is 9.25. The van der Waals surface area contributed by atoms with Crippen LogP contribution in [0.5, 0.6) is 0 Å².